The third-order valence-corrected chi connectivity index (χ3v) is 5.09. The van der Waals surface area contributed by atoms with Gasteiger partial charge in [0.25, 0.3) is 0 Å². The molecule has 2 aliphatic heterocycles. The highest BCUT2D eigenvalue weighted by atomic mass is 14.8. The lowest BCUT2D eigenvalue weighted by atomic mass is 10.2. The molecule has 5 aromatic rings. The van der Waals surface area contributed by atoms with Crippen LogP contribution in [0.3, 0.4) is 0 Å². The van der Waals surface area contributed by atoms with E-state index in [4.69, 9.17) is 0 Å². The van der Waals surface area contributed by atoms with Crippen LogP contribution in [0.25, 0.3) is 10.8 Å². The highest BCUT2D eigenvalue weighted by molar-refractivity contribution is 5.81. The molecule has 0 saturated heterocycles. The quantitative estimate of drug-likeness (QED) is 0.271. The second-order valence-corrected chi connectivity index (χ2v) is 7.42. The van der Waals surface area contributed by atoms with E-state index in [0.29, 0.717) is 0 Å². The molecule has 5 nitrogen and oxygen atoms in total. The molecule has 5 heteroatoms. The van der Waals surface area contributed by atoms with Crippen molar-refractivity contribution in [3.05, 3.63) is 127 Å². The number of fused-ring (bicyclic) bond motifs is 3. The summed E-state index contributed by atoms with van der Waals surface area (Å²) in [7, 11) is 0. The number of para-hydroxylation sites is 2. The van der Waals surface area contributed by atoms with Crippen molar-refractivity contribution in [2.45, 2.75) is 12.8 Å². The normalized spacial score (nSPS) is 11.6. The molecule has 3 aromatic carbocycles. The lowest BCUT2D eigenvalue weighted by Gasteiger charge is -1.91. The summed E-state index contributed by atoms with van der Waals surface area (Å²) in [6.07, 6.45) is 14.5. The van der Waals surface area contributed by atoms with E-state index in [-0.39, 0.29) is 0 Å². The van der Waals surface area contributed by atoms with Crippen molar-refractivity contribution in [1.29, 1.82) is 0 Å². The molecular weight excluding hydrogens is 418 g/mol. The van der Waals surface area contributed by atoms with Gasteiger partial charge in [-0.15, -0.1) is 0 Å². The second-order valence-electron chi connectivity index (χ2n) is 7.42. The van der Waals surface area contributed by atoms with Gasteiger partial charge in [-0.1, -0.05) is 60.7 Å². The minimum atomic E-state index is 1.01. The number of aliphatic imine (C=N–C) groups is 2. The van der Waals surface area contributed by atoms with Gasteiger partial charge in [-0.05, 0) is 46.2 Å². The molecule has 7 rings (SSSR count). The molecule has 0 radical (unpaired) electrons. The Labute approximate surface area is 199 Å². The van der Waals surface area contributed by atoms with Gasteiger partial charge in [0.15, 0.2) is 0 Å². The van der Waals surface area contributed by atoms with Crippen LogP contribution in [0.2, 0.25) is 0 Å². The van der Waals surface area contributed by atoms with Gasteiger partial charge >= 0.3 is 0 Å². The topological polar surface area (TPSA) is 63.4 Å². The summed E-state index contributed by atoms with van der Waals surface area (Å²) < 4.78 is 0. The van der Waals surface area contributed by atoms with Crippen LogP contribution in [0.15, 0.2) is 126 Å². The van der Waals surface area contributed by atoms with E-state index in [1.807, 2.05) is 79.4 Å². The molecule has 166 valence electrons. The summed E-state index contributed by atoms with van der Waals surface area (Å²) in [5, 5.41) is 2.45. The summed E-state index contributed by atoms with van der Waals surface area (Å²) in [6.45, 7) is 0. The van der Waals surface area contributed by atoms with Crippen molar-refractivity contribution in [3.8, 4) is 0 Å². The summed E-state index contributed by atoms with van der Waals surface area (Å²) in [4.78, 5) is 19.7. The lowest BCUT2D eigenvalue weighted by Crippen LogP contribution is -1.75. The first-order chi connectivity index (χ1) is 16.9. The van der Waals surface area contributed by atoms with E-state index >= 15 is 0 Å². The first-order valence-electron chi connectivity index (χ1n) is 11.1. The molecule has 0 aliphatic carbocycles. The van der Waals surface area contributed by atoms with E-state index in [9.17, 15) is 0 Å². The Morgan fingerprint density at radius 3 is 1.53 bits per heavy atom. The third-order valence-electron chi connectivity index (χ3n) is 5.09. The van der Waals surface area contributed by atoms with Crippen LogP contribution < -0.4 is 0 Å². The predicted octanol–water partition coefficient (Wildman–Crippen LogP) is 6.60. The number of pyridine rings is 1. The standard InChI is InChI=1S/C9H7N.2C8H7N.C4H4N2/c1-2-4-9-7-10-6-5-8(9)3-1;2*1-2-4-8-7(3-1)5-6-9-8;1-2-5-4-6-3-1/h1-7H;2*1-4,6H,5H2;1-4H. The zero-order valence-corrected chi connectivity index (χ0v) is 18.8. The number of hydrogen-bond donors (Lipinski definition) is 0. The van der Waals surface area contributed by atoms with Gasteiger partial charge in [-0.25, -0.2) is 9.97 Å². The second kappa shape index (κ2) is 12.5. The molecule has 0 N–H and O–H groups in total. The highest BCUT2D eigenvalue weighted by Crippen LogP contribution is 2.23. The van der Waals surface area contributed by atoms with Gasteiger partial charge in [0.2, 0.25) is 0 Å². The summed E-state index contributed by atoms with van der Waals surface area (Å²) in [5.74, 6) is 0. The Balaban J connectivity index is 0.000000109. The van der Waals surface area contributed by atoms with Crippen molar-refractivity contribution in [2.24, 2.45) is 9.98 Å². The molecule has 4 heterocycles. The van der Waals surface area contributed by atoms with Crippen LogP contribution in [0.1, 0.15) is 11.1 Å². The molecule has 0 atom stereocenters. The Bertz CT molecular complexity index is 1220. The fourth-order valence-corrected chi connectivity index (χ4v) is 3.38. The summed E-state index contributed by atoms with van der Waals surface area (Å²) in [6, 6.07) is 28.4. The first-order valence-corrected chi connectivity index (χ1v) is 11.1. The van der Waals surface area contributed by atoms with Gasteiger partial charge in [0.1, 0.15) is 6.33 Å². The van der Waals surface area contributed by atoms with Crippen molar-refractivity contribution in [3.63, 3.8) is 0 Å². The maximum atomic E-state index is 4.17. The minimum Gasteiger partial charge on any atom is -0.264 e. The lowest BCUT2D eigenvalue weighted by molar-refractivity contribution is 1.17. The Kier molecular flexibility index (Phi) is 8.34. The zero-order valence-electron chi connectivity index (χ0n) is 18.8. The molecule has 0 unspecified atom stereocenters. The number of aromatic nitrogens is 3. The Morgan fingerprint density at radius 2 is 1.03 bits per heavy atom. The fourth-order valence-electron chi connectivity index (χ4n) is 3.38. The van der Waals surface area contributed by atoms with Gasteiger partial charge in [-0.2, -0.15) is 0 Å². The Morgan fingerprint density at radius 1 is 0.471 bits per heavy atom. The van der Waals surface area contributed by atoms with Gasteiger partial charge in [0, 0.05) is 50.1 Å². The van der Waals surface area contributed by atoms with Crippen LogP contribution in [0, 0.1) is 0 Å². The van der Waals surface area contributed by atoms with Crippen LogP contribution in [-0.2, 0) is 12.8 Å². The van der Waals surface area contributed by atoms with E-state index in [1.54, 1.807) is 18.5 Å². The molecule has 0 bridgehead atoms. The SMILES string of the molecule is C1=Nc2ccccc2C1.C1=Nc2ccccc2C1.c1ccc2cnccc2c1.c1cncnc1. The monoisotopic (exact) mass is 443 g/mol. The van der Waals surface area contributed by atoms with Gasteiger partial charge in [0.05, 0.1) is 11.4 Å². The molecule has 0 spiro atoms. The van der Waals surface area contributed by atoms with Crippen molar-refractivity contribution >= 4 is 34.6 Å². The molecule has 2 aliphatic rings. The Hall–Kier alpha value is -4.51. The van der Waals surface area contributed by atoms with Crippen LogP contribution in [-0.4, -0.2) is 27.4 Å². The molecular formula is C29H25N5. The predicted molar refractivity (Wildman–Crippen MR) is 140 cm³/mol. The van der Waals surface area contributed by atoms with Crippen LogP contribution >= 0.6 is 0 Å². The van der Waals surface area contributed by atoms with E-state index in [2.05, 4.69) is 49.2 Å². The molecule has 0 fully saturated rings. The average molecular weight is 444 g/mol. The summed E-state index contributed by atoms with van der Waals surface area (Å²) >= 11 is 0. The maximum Gasteiger partial charge on any atom is 0.115 e. The van der Waals surface area contributed by atoms with Crippen LogP contribution in [0.5, 0.6) is 0 Å². The fraction of sp³-hybridized carbons (Fsp3) is 0.0690. The minimum absolute atomic E-state index is 1.01. The third kappa shape index (κ3) is 6.74. The number of nitrogens with zero attached hydrogens (tertiary/aromatic N) is 5. The number of benzene rings is 3. The molecule has 0 amide bonds. The first kappa shape index (κ1) is 22.7. The zero-order chi connectivity index (χ0) is 23.3. The van der Waals surface area contributed by atoms with Crippen molar-refractivity contribution in [1.82, 2.24) is 15.0 Å². The van der Waals surface area contributed by atoms with Crippen molar-refractivity contribution < 1.29 is 0 Å². The highest BCUT2D eigenvalue weighted by Gasteiger charge is 2.02. The van der Waals surface area contributed by atoms with Gasteiger partial charge in [-0.3, -0.25) is 15.0 Å². The maximum absolute atomic E-state index is 4.17. The molecule has 2 aromatic heterocycles. The van der Waals surface area contributed by atoms with Crippen LogP contribution in [0.4, 0.5) is 11.4 Å². The molecule has 0 saturated carbocycles. The molecule has 34 heavy (non-hydrogen) atoms. The number of hydrogen-bond acceptors (Lipinski definition) is 5. The number of rotatable bonds is 0. The summed E-state index contributed by atoms with van der Waals surface area (Å²) in [5.41, 5.74) is 4.96. The van der Waals surface area contributed by atoms with Crippen molar-refractivity contribution in [2.75, 3.05) is 0 Å². The van der Waals surface area contributed by atoms with E-state index in [0.717, 1.165) is 24.2 Å². The smallest absolute Gasteiger partial charge is 0.115 e. The average Bonchev–Trinajstić information content (AvgIpc) is 3.61. The largest absolute Gasteiger partial charge is 0.264 e. The van der Waals surface area contributed by atoms with E-state index < -0.39 is 0 Å². The van der Waals surface area contributed by atoms with Gasteiger partial charge < -0.3 is 0 Å². The van der Waals surface area contributed by atoms with E-state index in [1.165, 1.54) is 28.2 Å².